The molecule has 1 aromatic carbocycles. The van der Waals surface area contributed by atoms with Crippen molar-refractivity contribution in [2.45, 2.75) is 39.2 Å². The minimum absolute atomic E-state index is 0.168. The highest BCUT2D eigenvalue weighted by Crippen LogP contribution is 2.20. The van der Waals surface area contributed by atoms with Crippen molar-refractivity contribution in [3.8, 4) is 0 Å². The fraction of sp³-hybridized carbons (Fsp3) is 0.478. The largest absolute Gasteiger partial charge is 0.459 e. The summed E-state index contributed by atoms with van der Waals surface area (Å²) in [6.45, 7) is 7.33. The summed E-state index contributed by atoms with van der Waals surface area (Å²) >= 11 is 0. The number of aliphatic imine (C=N–C) groups is 1. The molecule has 1 aromatic heterocycles. The highest BCUT2D eigenvalue weighted by Gasteiger charge is 2.21. The second-order valence-electron chi connectivity index (χ2n) is 7.81. The molecular formula is C23H33N5O2. The number of anilines is 1. The molecule has 1 amide bonds. The maximum Gasteiger partial charge on any atom is 0.287 e. The van der Waals surface area contributed by atoms with E-state index in [-0.39, 0.29) is 5.91 Å². The Hall–Kier alpha value is -2.96. The summed E-state index contributed by atoms with van der Waals surface area (Å²) in [6.07, 6.45) is 4.61. The summed E-state index contributed by atoms with van der Waals surface area (Å²) in [4.78, 5) is 18.8. The van der Waals surface area contributed by atoms with Crippen molar-refractivity contribution in [3.63, 3.8) is 0 Å². The highest BCUT2D eigenvalue weighted by molar-refractivity contribution is 5.92. The fourth-order valence-corrected chi connectivity index (χ4v) is 3.66. The van der Waals surface area contributed by atoms with E-state index in [4.69, 9.17) is 4.42 Å². The van der Waals surface area contributed by atoms with Gasteiger partial charge in [-0.25, -0.2) is 0 Å². The minimum atomic E-state index is -0.168. The van der Waals surface area contributed by atoms with Crippen molar-refractivity contribution in [2.24, 2.45) is 4.99 Å². The molecule has 162 valence electrons. The van der Waals surface area contributed by atoms with Crippen LogP contribution in [0.25, 0.3) is 0 Å². The first-order valence-electron chi connectivity index (χ1n) is 10.7. The molecule has 7 nitrogen and oxygen atoms in total. The van der Waals surface area contributed by atoms with Gasteiger partial charge in [0, 0.05) is 50.5 Å². The lowest BCUT2D eigenvalue weighted by atomic mass is 10.0. The van der Waals surface area contributed by atoms with Crippen LogP contribution in [-0.4, -0.2) is 51.1 Å². The molecule has 7 heteroatoms. The van der Waals surface area contributed by atoms with Gasteiger partial charge in [0.2, 0.25) is 0 Å². The zero-order chi connectivity index (χ0) is 21.3. The molecule has 0 aliphatic carbocycles. The summed E-state index contributed by atoms with van der Waals surface area (Å²) in [5.74, 6) is 1.02. The van der Waals surface area contributed by atoms with Crippen molar-refractivity contribution < 1.29 is 9.21 Å². The van der Waals surface area contributed by atoms with Crippen LogP contribution in [0.3, 0.4) is 0 Å². The molecule has 1 saturated heterocycles. The molecule has 1 fully saturated rings. The number of carbonyl (C=O) groups is 1. The van der Waals surface area contributed by atoms with Gasteiger partial charge < -0.3 is 25.3 Å². The molecule has 2 aromatic rings. The number of benzene rings is 1. The SMILES string of the molecule is CN=C(NCCCNC(=O)c1occc1C)NC1CCCN(c2ccc(C)cc2)C1. The van der Waals surface area contributed by atoms with E-state index in [1.165, 1.54) is 17.5 Å². The number of hydrogen-bond acceptors (Lipinski definition) is 4. The zero-order valence-corrected chi connectivity index (χ0v) is 18.2. The van der Waals surface area contributed by atoms with Crippen LogP contribution in [0, 0.1) is 13.8 Å². The number of carbonyl (C=O) groups excluding carboxylic acids is 1. The Bertz CT molecular complexity index is 844. The first-order chi connectivity index (χ1) is 14.6. The van der Waals surface area contributed by atoms with Crippen LogP contribution in [0.5, 0.6) is 0 Å². The predicted octanol–water partition coefficient (Wildman–Crippen LogP) is 2.85. The van der Waals surface area contributed by atoms with Crippen LogP contribution < -0.4 is 20.9 Å². The fourth-order valence-electron chi connectivity index (χ4n) is 3.66. The van der Waals surface area contributed by atoms with E-state index in [2.05, 4.69) is 57.0 Å². The quantitative estimate of drug-likeness (QED) is 0.371. The van der Waals surface area contributed by atoms with Crippen LogP contribution in [0.4, 0.5) is 5.69 Å². The number of piperidine rings is 1. The number of hydrogen-bond donors (Lipinski definition) is 3. The molecular weight excluding hydrogens is 378 g/mol. The molecule has 3 rings (SSSR count). The molecule has 0 spiro atoms. The lowest BCUT2D eigenvalue weighted by molar-refractivity contribution is 0.0925. The molecule has 1 atom stereocenters. The van der Waals surface area contributed by atoms with Gasteiger partial charge in [-0.05, 0) is 51.3 Å². The number of nitrogens with zero attached hydrogens (tertiary/aromatic N) is 2. The summed E-state index contributed by atoms with van der Waals surface area (Å²) in [5.41, 5.74) is 3.41. The summed E-state index contributed by atoms with van der Waals surface area (Å²) in [5, 5.41) is 9.77. The first kappa shape index (κ1) is 21.7. The number of guanidine groups is 1. The molecule has 0 saturated carbocycles. The first-order valence-corrected chi connectivity index (χ1v) is 10.7. The van der Waals surface area contributed by atoms with Crippen molar-refractivity contribution >= 4 is 17.6 Å². The monoisotopic (exact) mass is 411 g/mol. The molecule has 2 heterocycles. The Labute approximate surface area is 178 Å². The van der Waals surface area contributed by atoms with Crippen LogP contribution in [0.2, 0.25) is 0 Å². The molecule has 3 N–H and O–H groups in total. The van der Waals surface area contributed by atoms with Gasteiger partial charge >= 0.3 is 0 Å². The van der Waals surface area contributed by atoms with Gasteiger partial charge in [-0.15, -0.1) is 0 Å². The van der Waals surface area contributed by atoms with E-state index < -0.39 is 0 Å². The highest BCUT2D eigenvalue weighted by atomic mass is 16.3. The van der Waals surface area contributed by atoms with Crippen molar-refractivity contribution in [1.82, 2.24) is 16.0 Å². The lowest BCUT2D eigenvalue weighted by Gasteiger charge is -2.35. The van der Waals surface area contributed by atoms with Gasteiger partial charge in [-0.2, -0.15) is 0 Å². The van der Waals surface area contributed by atoms with Crippen molar-refractivity contribution in [2.75, 3.05) is 38.1 Å². The second kappa shape index (κ2) is 10.7. The standard InChI is InChI=1S/C23H33N5O2/c1-17-7-9-20(10-8-17)28-14-4-6-19(16-28)27-23(24-3)26-13-5-12-25-22(29)21-18(2)11-15-30-21/h7-11,15,19H,4-6,12-14,16H2,1-3H3,(H,25,29)(H2,24,26,27). The van der Waals surface area contributed by atoms with E-state index in [0.717, 1.165) is 50.4 Å². The maximum absolute atomic E-state index is 12.0. The molecule has 1 aliphatic rings. The Morgan fingerprint density at radius 1 is 1.17 bits per heavy atom. The lowest BCUT2D eigenvalue weighted by Crippen LogP contribution is -2.51. The smallest absolute Gasteiger partial charge is 0.287 e. The molecule has 1 unspecified atom stereocenters. The summed E-state index contributed by atoms with van der Waals surface area (Å²) in [6, 6.07) is 10.9. The Morgan fingerprint density at radius 2 is 1.93 bits per heavy atom. The van der Waals surface area contributed by atoms with Crippen LogP contribution >= 0.6 is 0 Å². The van der Waals surface area contributed by atoms with Crippen molar-refractivity contribution in [1.29, 1.82) is 0 Å². The third-order valence-corrected chi connectivity index (χ3v) is 5.38. The number of amides is 1. The number of rotatable bonds is 7. The minimum Gasteiger partial charge on any atom is -0.459 e. The van der Waals surface area contributed by atoms with E-state index in [1.54, 1.807) is 13.1 Å². The summed E-state index contributed by atoms with van der Waals surface area (Å²) in [7, 11) is 1.79. The van der Waals surface area contributed by atoms with Gasteiger partial charge in [0.05, 0.1) is 6.26 Å². The van der Waals surface area contributed by atoms with Gasteiger partial charge in [-0.3, -0.25) is 9.79 Å². The molecule has 30 heavy (non-hydrogen) atoms. The van der Waals surface area contributed by atoms with Crippen LogP contribution in [0.15, 0.2) is 46.0 Å². The third kappa shape index (κ3) is 6.02. The molecule has 1 aliphatic heterocycles. The second-order valence-corrected chi connectivity index (χ2v) is 7.81. The van der Waals surface area contributed by atoms with Crippen molar-refractivity contribution in [3.05, 3.63) is 53.5 Å². The van der Waals surface area contributed by atoms with Gasteiger partial charge in [0.15, 0.2) is 11.7 Å². The number of aryl methyl sites for hydroxylation is 2. The van der Waals surface area contributed by atoms with E-state index in [9.17, 15) is 4.79 Å². The maximum atomic E-state index is 12.0. The Balaban J connectivity index is 1.38. The van der Waals surface area contributed by atoms with Gasteiger partial charge in [-0.1, -0.05) is 17.7 Å². The molecule has 0 bridgehead atoms. The van der Waals surface area contributed by atoms with Crippen LogP contribution in [-0.2, 0) is 0 Å². The van der Waals surface area contributed by atoms with Crippen LogP contribution in [0.1, 0.15) is 40.9 Å². The zero-order valence-electron chi connectivity index (χ0n) is 18.2. The Morgan fingerprint density at radius 3 is 2.63 bits per heavy atom. The predicted molar refractivity (Wildman–Crippen MR) is 121 cm³/mol. The average molecular weight is 412 g/mol. The summed E-state index contributed by atoms with van der Waals surface area (Å²) < 4.78 is 5.21. The van der Waals surface area contributed by atoms with Gasteiger partial charge in [0.25, 0.3) is 5.91 Å². The Kier molecular flexibility index (Phi) is 7.76. The molecule has 0 radical (unpaired) electrons. The third-order valence-electron chi connectivity index (χ3n) is 5.38. The van der Waals surface area contributed by atoms with Gasteiger partial charge in [0.1, 0.15) is 0 Å². The normalized spacial score (nSPS) is 17.0. The topological polar surface area (TPSA) is 81.9 Å². The van der Waals surface area contributed by atoms with E-state index >= 15 is 0 Å². The number of furan rings is 1. The average Bonchev–Trinajstić information content (AvgIpc) is 3.19. The van der Waals surface area contributed by atoms with E-state index in [1.807, 2.05) is 6.92 Å². The van der Waals surface area contributed by atoms with E-state index in [0.29, 0.717) is 18.3 Å². The number of nitrogens with one attached hydrogen (secondary N) is 3.